The second-order valence-corrected chi connectivity index (χ2v) is 7.20. The minimum absolute atomic E-state index is 0.0649. The van der Waals surface area contributed by atoms with Crippen LogP contribution in [0.1, 0.15) is 18.4 Å². The van der Waals surface area contributed by atoms with E-state index in [1.807, 2.05) is 0 Å². The lowest BCUT2D eigenvalue weighted by Gasteiger charge is -2.18. The third-order valence-corrected chi connectivity index (χ3v) is 6.16. The van der Waals surface area contributed by atoms with Crippen molar-refractivity contribution >= 4 is 18.0 Å². The molecule has 1 saturated heterocycles. The number of amides is 2. The van der Waals surface area contributed by atoms with Crippen molar-refractivity contribution in [3.8, 4) is 11.5 Å². The van der Waals surface area contributed by atoms with Crippen molar-refractivity contribution < 1.29 is 19.8 Å². The minimum atomic E-state index is -0.277. The fraction of sp³-hybridized carbons (Fsp3) is 0.389. The summed E-state index contributed by atoms with van der Waals surface area (Å²) in [6.07, 6.45) is 7.72. The molecule has 6 heteroatoms. The molecule has 122 valence electrons. The Bertz CT molecular complexity index is 805. The number of carbonyl (C=O) groups excluding carboxylic acids is 2. The molecule has 24 heavy (non-hydrogen) atoms. The van der Waals surface area contributed by atoms with Crippen LogP contribution in [0, 0.1) is 29.1 Å². The molecule has 3 fully saturated rings. The highest BCUT2D eigenvalue weighted by atomic mass is 16.3. The molecule has 2 saturated carbocycles. The molecular weight excluding hydrogens is 308 g/mol. The number of phenolic OH excluding ortho intramolecular Hbond substituents is 2. The number of aromatic hydroxyl groups is 2. The van der Waals surface area contributed by atoms with Gasteiger partial charge in [-0.05, 0) is 42.2 Å². The molecule has 0 radical (unpaired) electrons. The normalized spacial score (nSPS) is 34.8. The molecular formula is C18H16N2O4. The molecule has 0 aromatic heterocycles. The fourth-order valence-electron chi connectivity index (χ4n) is 4.94. The average Bonchev–Trinajstić information content (AvgIpc) is 3.15. The van der Waals surface area contributed by atoms with Gasteiger partial charge in [-0.15, -0.1) is 0 Å². The summed E-state index contributed by atoms with van der Waals surface area (Å²) < 4.78 is 0. The van der Waals surface area contributed by atoms with Gasteiger partial charge in [0.2, 0.25) is 0 Å². The summed E-state index contributed by atoms with van der Waals surface area (Å²) in [5.74, 6) is -0.898. The predicted octanol–water partition coefficient (Wildman–Crippen LogP) is 1.63. The van der Waals surface area contributed by atoms with Gasteiger partial charge in [0.1, 0.15) is 11.5 Å². The largest absolute Gasteiger partial charge is 0.508 e. The summed E-state index contributed by atoms with van der Waals surface area (Å²) in [7, 11) is 0. The molecule has 1 aliphatic heterocycles. The summed E-state index contributed by atoms with van der Waals surface area (Å²) in [6.45, 7) is 0. The lowest BCUT2D eigenvalue weighted by atomic mass is 9.85. The molecule has 2 N–H and O–H groups in total. The summed E-state index contributed by atoms with van der Waals surface area (Å²) >= 11 is 0. The van der Waals surface area contributed by atoms with E-state index in [0.717, 1.165) is 17.9 Å². The predicted molar refractivity (Wildman–Crippen MR) is 84.0 cm³/mol. The van der Waals surface area contributed by atoms with Crippen LogP contribution >= 0.6 is 0 Å². The van der Waals surface area contributed by atoms with Gasteiger partial charge >= 0.3 is 0 Å². The molecule has 4 atom stereocenters. The molecule has 6 nitrogen and oxygen atoms in total. The number of hydrazone groups is 1. The van der Waals surface area contributed by atoms with Crippen molar-refractivity contribution in [1.29, 1.82) is 0 Å². The van der Waals surface area contributed by atoms with Gasteiger partial charge < -0.3 is 10.2 Å². The van der Waals surface area contributed by atoms with Crippen LogP contribution in [0.25, 0.3) is 0 Å². The molecule has 5 rings (SSSR count). The van der Waals surface area contributed by atoms with Gasteiger partial charge in [0, 0.05) is 11.6 Å². The molecule has 1 spiro atoms. The van der Waals surface area contributed by atoms with Crippen LogP contribution in [0.2, 0.25) is 0 Å². The Balaban J connectivity index is 1.44. The molecule has 0 unspecified atom stereocenters. The van der Waals surface area contributed by atoms with Crippen LogP contribution < -0.4 is 0 Å². The van der Waals surface area contributed by atoms with Gasteiger partial charge in [-0.2, -0.15) is 10.1 Å². The van der Waals surface area contributed by atoms with Crippen molar-refractivity contribution in [2.75, 3.05) is 0 Å². The SMILES string of the molecule is O=C1[C@@H]2[C@H](C(=O)N1/N=C/c1ccc(O)cc1O)[C@H]1C=C[C@@H]2C12CC2. The topological polar surface area (TPSA) is 90.2 Å². The van der Waals surface area contributed by atoms with Gasteiger partial charge in [-0.1, -0.05) is 12.2 Å². The number of imide groups is 1. The number of phenols is 2. The maximum absolute atomic E-state index is 12.7. The fourth-order valence-corrected chi connectivity index (χ4v) is 4.94. The first kappa shape index (κ1) is 13.8. The highest BCUT2D eigenvalue weighted by Crippen LogP contribution is 2.73. The van der Waals surface area contributed by atoms with Crippen molar-refractivity contribution in [2.24, 2.45) is 34.2 Å². The average molecular weight is 324 g/mol. The molecule has 2 amide bonds. The number of fused-ring (bicyclic) bond motifs is 3. The molecule has 2 bridgehead atoms. The number of rotatable bonds is 2. The van der Waals surface area contributed by atoms with Crippen molar-refractivity contribution in [3.05, 3.63) is 35.9 Å². The zero-order chi connectivity index (χ0) is 16.6. The van der Waals surface area contributed by atoms with E-state index in [9.17, 15) is 19.8 Å². The number of allylic oxidation sites excluding steroid dienone is 2. The monoisotopic (exact) mass is 324 g/mol. The van der Waals surface area contributed by atoms with Crippen molar-refractivity contribution in [1.82, 2.24) is 5.01 Å². The molecule has 3 aliphatic carbocycles. The quantitative estimate of drug-likeness (QED) is 0.491. The summed E-state index contributed by atoms with van der Waals surface area (Å²) in [4.78, 5) is 25.4. The second kappa shape index (κ2) is 4.26. The van der Waals surface area contributed by atoms with E-state index in [0.29, 0.717) is 5.56 Å². The van der Waals surface area contributed by atoms with E-state index in [1.165, 1.54) is 24.4 Å². The van der Waals surface area contributed by atoms with Gasteiger partial charge in [-0.3, -0.25) is 9.59 Å². The molecule has 1 aromatic carbocycles. The molecule has 1 aromatic rings. The maximum Gasteiger partial charge on any atom is 0.254 e. The Kier molecular flexibility index (Phi) is 2.44. The van der Waals surface area contributed by atoms with E-state index in [4.69, 9.17) is 0 Å². The number of nitrogens with zero attached hydrogens (tertiary/aromatic N) is 2. The highest BCUT2D eigenvalue weighted by molar-refractivity contribution is 6.07. The van der Waals surface area contributed by atoms with Crippen LogP contribution in [-0.4, -0.2) is 33.3 Å². The van der Waals surface area contributed by atoms with Crippen LogP contribution in [0.15, 0.2) is 35.5 Å². The van der Waals surface area contributed by atoms with Crippen molar-refractivity contribution in [3.63, 3.8) is 0 Å². The summed E-state index contributed by atoms with van der Waals surface area (Å²) in [5.41, 5.74) is 0.510. The Hall–Kier alpha value is -2.63. The van der Waals surface area contributed by atoms with Gasteiger partial charge in [-0.25, -0.2) is 0 Å². The number of hydrogen-bond acceptors (Lipinski definition) is 5. The number of carbonyl (C=O) groups is 2. The Morgan fingerprint density at radius 3 is 2.25 bits per heavy atom. The van der Waals surface area contributed by atoms with Crippen LogP contribution in [0.4, 0.5) is 0 Å². The number of hydrogen-bond donors (Lipinski definition) is 2. The third kappa shape index (κ3) is 1.53. The first-order chi connectivity index (χ1) is 11.5. The lowest BCUT2D eigenvalue weighted by molar-refractivity contribution is -0.141. The Morgan fingerprint density at radius 1 is 1.08 bits per heavy atom. The Morgan fingerprint density at radius 2 is 1.71 bits per heavy atom. The van der Waals surface area contributed by atoms with E-state index in [2.05, 4.69) is 17.3 Å². The highest BCUT2D eigenvalue weighted by Gasteiger charge is 2.73. The first-order valence-electron chi connectivity index (χ1n) is 8.15. The van der Waals surface area contributed by atoms with Gasteiger partial charge in [0.25, 0.3) is 11.8 Å². The lowest BCUT2D eigenvalue weighted by Crippen LogP contribution is -2.30. The van der Waals surface area contributed by atoms with E-state index < -0.39 is 0 Å². The maximum atomic E-state index is 12.7. The zero-order valence-corrected chi connectivity index (χ0v) is 12.8. The van der Waals surface area contributed by atoms with Gasteiger partial charge in [0.15, 0.2) is 0 Å². The molecule has 4 aliphatic rings. The van der Waals surface area contributed by atoms with Crippen molar-refractivity contribution in [2.45, 2.75) is 12.8 Å². The van der Waals surface area contributed by atoms with Crippen LogP contribution in [0.3, 0.4) is 0 Å². The minimum Gasteiger partial charge on any atom is -0.508 e. The standard InChI is InChI=1S/C18H16N2O4/c21-10-2-1-9(13(22)7-10)8-19-20-16(23)14-11-3-4-12(15(14)17(20)24)18(11)5-6-18/h1-4,7-8,11-12,14-15,21-22H,5-6H2/b19-8+/t11-,12+,14-,15+. The zero-order valence-electron chi connectivity index (χ0n) is 12.8. The van der Waals surface area contributed by atoms with E-state index in [-0.39, 0.29) is 52.4 Å². The van der Waals surface area contributed by atoms with Crippen LogP contribution in [-0.2, 0) is 9.59 Å². The summed E-state index contributed by atoms with van der Waals surface area (Å²) in [6, 6.07) is 4.07. The summed E-state index contributed by atoms with van der Waals surface area (Å²) in [5, 5.41) is 24.1. The van der Waals surface area contributed by atoms with E-state index in [1.54, 1.807) is 0 Å². The van der Waals surface area contributed by atoms with E-state index >= 15 is 0 Å². The third-order valence-electron chi connectivity index (χ3n) is 6.16. The smallest absolute Gasteiger partial charge is 0.254 e. The van der Waals surface area contributed by atoms with Gasteiger partial charge in [0.05, 0.1) is 18.1 Å². The molecule has 1 heterocycles. The second-order valence-electron chi connectivity index (χ2n) is 7.20. The van der Waals surface area contributed by atoms with Crippen LogP contribution in [0.5, 0.6) is 11.5 Å². The first-order valence-corrected chi connectivity index (χ1v) is 8.15. The number of benzene rings is 1. The Labute approximate surface area is 138 Å².